The molecule has 0 bridgehead atoms. The molecule has 0 saturated carbocycles. The minimum absolute atomic E-state index is 0.337. The van der Waals surface area contributed by atoms with Gasteiger partial charge >= 0.3 is 377 Å². The molecule has 0 aromatic heterocycles. The predicted molar refractivity (Wildman–Crippen MR) is 263 cm³/mol. The van der Waals surface area contributed by atoms with E-state index in [2.05, 4.69) is 204 Å². The van der Waals surface area contributed by atoms with Crippen molar-refractivity contribution in [1.82, 2.24) is 9.80 Å². The summed E-state index contributed by atoms with van der Waals surface area (Å²) in [6, 6.07) is 73.3. The number of fused-ring (bicyclic) bond motifs is 14. The molecule has 0 unspecified atom stereocenters. The van der Waals surface area contributed by atoms with Gasteiger partial charge in [-0.1, -0.05) is 0 Å². The molecule has 0 N–H and O–H groups in total. The van der Waals surface area contributed by atoms with Gasteiger partial charge in [-0.25, -0.2) is 0 Å². The molecule has 0 radical (unpaired) electrons. The van der Waals surface area contributed by atoms with Crippen LogP contribution in [0.25, 0.3) is 65.3 Å². The van der Waals surface area contributed by atoms with E-state index >= 15 is 0 Å². The van der Waals surface area contributed by atoms with E-state index in [0.29, 0.717) is 26.3 Å². The number of hydrogen-bond donors (Lipinski definition) is 0. The Labute approximate surface area is 374 Å². The van der Waals surface area contributed by atoms with Crippen molar-refractivity contribution in [1.29, 1.82) is 0 Å². The summed E-state index contributed by atoms with van der Waals surface area (Å²) < 4.78 is 3.07. The van der Waals surface area contributed by atoms with E-state index in [-0.39, 0.29) is 0 Å². The molecule has 10 aromatic rings. The van der Waals surface area contributed by atoms with Crippen LogP contribution in [0.2, 0.25) is 0 Å². The second kappa shape index (κ2) is 16.2. The van der Waals surface area contributed by atoms with Gasteiger partial charge in [-0.2, -0.15) is 0 Å². The van der Waals surface area contributed by atoms with Gasteiger partial charge in [0.05, 0.1) is 0 Å². The summed E-state index contributed by atoms with van der Waals surface area (Å²) in [5.41, 5.74) is 14.2. The summed E-state index contributed by atoms with van der Waals surface area (Å²) >= 11 is 0.674. The average molecular weight is 927 g/mol. The Kier molecular flexibility index (Phi) is 9.88. The van der Waals surface area contributed by atoms with Crippen LogP contribution in [-0.2, 0) is 39.3 Å². The first-order valence-electron chi connectivity index (χ1n) is 21.7. The molecular weight excluding hydrogens is 883 g/mol. The molecule has 4 heteroatoms. The second-order valence-electron chi connectivity index (χ2n) is 17.0. The van der Waals surface area contributed by atoms with Crippen LogP contribution in [-0.4, -0.2) is 36.1 Å². The van der Waals surface area contributed by atoms with Gasteiger partial charge in [-0.15, -0.1) is 0 Å². The first-order chi connectivity index (χ1) is 30.7. The zero-order chi connectivity index (χ0) is 41.0. The summed E-state index contributed by atoms with van der Waals surface area (Å²) in [5.74, 6) is 0. The van der Waals surface area contributed by atoms with Crippen LogP contribution in [0, 0.1) is 0 Å². The number of benzene rings is 10. The Morgan fingerprint density at radius 2 is 0.565 bits per heavy atom. The molecule has 0 fully saturated rings. The van der Waals surface area contributed by atoms with E-state index in [1.807, 2.05) is 0 Å². The predicted octanol–water partition coefficient (Wildman–Crippen LogP) is 11.9. The molecule has 298 valence electrons. The summed E-state index contributed by atoms with van der Waals surface area (Å²) in [6.45, 7) is 5.56. The molecule has 0 saturated heterocycles. The Morgan fingerprint density at radius 3 is 0.887 bits per heavy atom. The van der Waals surface area contributed by atoms with Crippen LogP contribution < -0.4 is 8.92 Å². The van der Waals surface area contributed by atoms with Crippen molar-refractivity contribution in [2.24, 2.45) is 0 Å². The second-order valence-corrected chi connectivity index (χ2v) is 23.1. The topological polar surface area (TPSA) is 6.48 Å². The summed E-state index contributed by atoms with van der Waals surface area (Å²) in [5, 5.41) is 10.6. The van der Waals surface area contributed by atoms with Crippen molar-refractivity contribution in [3.63, 3.8) is 0 Å². The Hall–Kier alpha value is -5.80. The van der Waals surface area contributed by atoms with Crippen LogP contribution in [0.4, 0.5) is 0 Å². The van der Waals surface area contributed by atoms with Gasteiger partial charge in [0, 0.05) is 0 Å². The van der Waals surface area contributed by atoms with E-state index in [1.54, 1.807) is 0 Å². The van der Waals surface area contributed by atoms with Crippen LogP contribution in [0.15, 0.2) is 194 Å². The van der Waals surface area contributed by atoms with Gasteiger partial charge < -0.3 is 0 Å². The Bertz CT molecular complexity index is 2950. The normalized spacial score (nSPS) is 14.0. The molecule has 62 heavy (non-hydrogen) atoms. The molecule has 0 amide bonds. The molecule has 12 rings (SSSR count). The third kappa shape index (κ3) is 6.89. The molecule has 2 heterocycles. The minimum atomic E-state index is 0.337. The van der Waals surface area contributed by atoms with Crippen molar-refractivity contribution in [2.75, 3.05) is 0 Å². The van der Waals surface area contributed by atoms with Crippen molar-refractivity contribution in [3.8, 4) is 22.3 Å². The monoisotopic (exact) mass is 928 g/mol. The van der Waals surface area contributed by atoms with Gasteiger partial charge in [0.15, 0.2) is 0 Å². The van der Waals surface area contributed by atoms with Crippen molar-refractivity contribution in [2.45, 2.75) is 39.3 Å². The van der Waals surface area contributed by atoms with E-state index in [9.17, 15) is 0 Å². The summed E-state index contributed by atoms with van der Waals surface area (Å²) in [4.78, 5) is 5.37. The molecule has 0 spiro atoms. The van der Waals surface area contributed by atoms with E-state index in [0.717, 1.165) is 39.3 Å². The molecule has 2 nitrogen and oxygen atoms in total. The van der Waals surface area contributed by atoms with E-state index in [4.69, 9.17) is 0 Å². The van der Waals surface area contributed by atoms with Crippen molar-refractivity contribution < 1.29 is 0 Å². The number of hydrogen-bond acceptors (Lipinski definition) is 2. The van der Waals surface area contributed by atoms with E-state index < -0.39 is 0 Å². The van der Waals surface area contributed by atoms with E-state index in [1.165, 1.54) is 108 Å². The molecule has 0 aliphatic carbocycles. The van der Waals surface area contributed by atoms with Crippen LogP contribution in [0.5, 0.6) is 0 Å². The standard InChI is InChI=1S/C58H44N2Se2/c1-7-19-49-39(13-1)25-29-45-35-59(36-46-30-26-40-14-2-8-20-50(40)56(46)55(45)49)33-43-17-5-11-23-53(43)61-62-54-24-12-6-18-44(54)34-60-37-47-31-27-41-15-3-9-21-51(41)57(47)58-48(38-60)32-28-42-16-4-10-22-52(42)58/h1-32H,33-38H2. The summed E-state index contributed by atoms with van der Waals surface area (Å²) in [6.07, 6.45) is 0. The first kappa shape index (κ1) is 37.9. The van der Waals surface area contributed by atoms with Crippen molar-refractivity contribution in [3.05, 3.63) is 228 Å². The number of nitrogens with zero attached hydrogens (tertiary/aromatic N) is 2. The molecular formula is C58H44N2Se2. The quantitative estimate of drug-likeness (QED) is 0.147. The average Bonchev–Trinajstić information content (AvgIpc) is 3.59. The Balaban J connectivity index is 0.839. The van der Waals surface area contributed by atoms with Crippen LogP contribution in [0.3, 0.4) is 0 Å². The maximum atomic E-state index is 2.69. The summed E-state index contributed by atoms with van der Waals surface area (Å²) in [7, 11) is 0. The zero-order valence-electron chi connectivity index (χ0n) is 34.4. The third-order valence-electron chi connectivity index (χ3n) is 13.1. The third-order valence-corrected chi connectivity index (χ3v) is 20.5. The molecule has 2 aliphatic rings. The van der Waals surface area contributed by atoms with Crippen LogP contribution in [0.1, 0.15) is 33.4 Å². The van der Waals surface area contributed by atoms with Crippen molar-refractivity contribution >= 4 is 78.3 Å². The molecule has 10 aromatic carbocycles. The van der Waals surface area contributed by atoms with Gasteiger partial charge in [-0.05, 0) is 0 Å². The maximum absolute atomic E-state index is 2.69. The molecule has 2 aliphatic heterocycles. The van der Waals surface area contributed by atoms with Gasteiger partial charge in [0.1, 0.15) is 0 Å². The Morgan fingerprint density at radius 1 is 0.290 bits per heavy atom. The fourth-order valence-electron chi connectivity index (χ4n) is 10.3. The fraction of sp³-hybridized carbons (Fsp3) is 0.103. The SMILES string of the molecule is c1ccc([Se][Se]c2ccccc2CN2Cc3ccc4ccccc4c3-c3c(ccc4ccccc34)C2)c(CN2Cc3ccc4ccccc4c3-c3c(ccc4ccccc34)C2)c1. The molecule has 0 atom stereocenters. The van der Waals surface area contributed by atoms with Gasteiger partial charge in [-0.3, -0.25) is 0 Å². The first-order valence-corrected chi connectivity index (χ1v) is 27.7. The number of rotatable bonds is 7. The van der Waals surface area contributed by atoms with Crippen LogP contribution >= 0.6 is 0 Å². The van der Waals surface area contributed by atoms with Gasteiger partial charge in [0.25, 0.3) is 0 Å². The fourth-order valence-corrected chi connectivity index (χ4v) is 17.7. The zero-order valence-corrected chi connectivity index (χ0v) is 37.9. The van der Waals surface area contributed by atoms with Gasteiger partial charge in [0.2, 0.25) is 0 Å².